The average molecular weight is 309 g/mol. The number of hydrogen-bond donors (Lipinski definition) is 2. The van der Waals surface area contributed by atoms with Crippen LogP contribution >= 0.6 is 0 Å². The molecule has 0 spiro atoms. The van der Waals surface area contributed by atoms with Crippen molar-refractivity contribution in [1.82, 2.24) is 0 Å². The van der Waals surface area contributed by atoms with E-state index < -0.39 is 25.2 Å². The molecule has 0 aromatic carbocycles. The SMILES string of the molecule is C[Si](C)(C)O[Si](C)(O[Si](C)(C)C)/C(=C\CO)CO. The van der Waals surface area contributed by atoms with E-state index in [1.165, 1.54) is 0 Å². The van der Waals surface area contributed by atoms with E-state index in [0.29, 0.717) is 0 Å². The van der Waals surface area contributed by atoms with E-state index in [1.54, 1.807) is 6.08 Å². The summed E-state index contributed by atoms with van der Waals surface area (Å²) in [5, 5.41) is 19.3. The first-order chi connectivity index (χ1) is 7.93. The molecule has 4 nitrogen and oxygen atoms in total. The topological polar surface area (TPSA) is 58.9 Å². The molecule has 0 aromatic heterocycles. The first-order valence-corrected chi connectivity index (χ1v) is 15.4. The van der Waals surface area contributed by atoms with Crippen LogP contribution in [0.1, 0.15) is 0 Å². The van der Waals surface area contributed by atoms with Crippen molar-refractivity contribution < 1.29 is 18.4 Å². The minimum Gasteiger partial charge on any atom is -0.434 e. The zero-order chi connectivity index (χ0) is 14.6. The van der Waals surface area contributed by atoms with Crippen molar-refractivity contribution in [3.8, 4) is 0 Å². The molecule has 0 amide bonds. The third-order valence-electron chi connectivity index (χ3n) is 2.09. The molecule has 0 aliphatic carbocycles. The Kier molecular flexibility index (Phi) is 6.68. The van der Waals surface area contributed by atoms with Crippen LogP contribution in [0.3, 0.4) is 0 Å². The third-order valence-corrected chi connectivity index (χ3v) is 11.6. The second-order valence-electron chi connectivity index (χ2n) is 6.44. The van der Waals surface area contributed by atoms with E-state index >= 15 is 0 Å². The highest BCUT2D eigenvalue weighted by Gasteiger charge is 2.43. The number of aliphatic hydroxyl groups is 2. The van der Waals surface area contributed by atoms with Gasteiger partial charge in [0, 0.05) is 0 Å². The van der Waals surface area contributed by atoms with Gasteiger partial charge in [-0.2, -0.15) is 0 Å². The van der Waals surface area contributed by atoms with E-state index in [4.69, 9.17) is 13.3 Å². The monoisotopic (exact) mass is 308 g/mol. The molecule has 0 rings (SSSR count). The summed E-state index contributed by atoms with van der Waals surface area (Å²) in [6.45, 7) is 14.4. The zero-order valence-corrected chi connectivity index (χ0v) is 15.7. The number of aliphatic hydroxyl groups excluding tert-OH is 2. The minimum absolute atomic E-state index is 0.0946. The van der Waals surface area contributed by atoms with Gasteiger partial charge in [0.15, 0.2) is 16.6 Å². The van der Waals surface area contributed by atoms with Crippen LogP contribution in [0.5, 0.6) is 0 Å². The van der Waals surface area contributed by atoms with Crippen LogP contribution in [-0.2, 0) is 8.23 Å². The summed E-state index contributed by atoms with van der Waals surface area (Å²) in [6.07, 6.45) is 1.63. The Morgan fingerprint density at radius 1 is 0.889 bits per heavy atom. The van der Waals surface area contributed by atoms with Gasteiger partial charge in [-0.15, -0.1) is 0 Å². The van der Waals surface area contributed by atoms with Crippen LogP contribution < -0.4 is 0 Å². The highest BCUT2D eigenvalue weighted by atomic mass is 28.5. The van der Waals surface area contributed by atoms with E-state index in [-0.39, 0.29) is 13.2 Å². The maximum atomic E-state index is 9.51. The lowest BCUT2D eigenvalue weighted by atomic mass is 10.5. The predicted octanol–water partition coefficient (Wildman–Crippen LogP) is 2.21. The van der Waals surface area contributed by atoms with Crippen molar-refractivity contribution in [1.29, 1.82) is 0 Å². The van der Waals surface area contributed by atoms with E-state index in [9.17, 15) is 5.11 Å². The first-order valence-electron chi connectivity index (χ1n) is 6.25. The molecular weight excluding hydrogens is 280 g/mol. The van der Waals surface area contributed by atoms with Crippen LogP contribution in [0.2, 0.25) is 45.8 Å². The fraction of sp³-hybridized carbons (Fsp3) is 0.818. The van der Waals surface area contributed by atoms with Gasteiger partial charge in [-0.1, -0.05) is 6.08 Å². The van der Waals surface area contributed by atoms with Crippen LogP contribution in [0.4, 0.5) is 0 Å². The van der Waals surface area contributed by atoms with Crippen LogP contribution in [0.25, 0.3) is 0 Å². The molecule has 2 N–H and O–H groups in total. The zero-order valence-electron chi connectivity index (χ0n) is 12.7. The number of rotatable bonds is 7. The first kappa shape index (κ1) is 18.2. The summed E-state index contributed by atoms with van der Waals surface area (Å²) in [5.41, 5.74) is 0. The molecule has 0 saturated heterocycles. The van der Waals surface area contributed by atoms with Crippen molar-refractivity contribution in [3.63, 3.8) is 0 Å². The summed E-state index contributed by atoms with van der Waals surface area (Å²) in [6, 6.07) is 0. The molecule has 0 bridgehead atoms. The molecular formula is C11H28O4Si3. The summed E-state index contributed by atoms with van der Waals surface area (Å²) < 4.78 is 12.5. The molecule has 0 unspecified atom stereocenters. The Hall–Kier alpha value is 0.231. The van der Waals surface area contributed by atoms with E-state index in [1.807, 2.05) is 6.55 Å². The minimum atomic E-state index is -2.60. The molecule has 0 heterocycles. The van der Waals surface area contributed by atoms with Crippen molar-refractivity contribution in [2.45, 2.75) is 45.8 Å². The molecule has 0 aliphatic heterocycles. The fourth-order valence-corrected chi connectivity index (χ4v) is 13.5. The summed E-state index contributed by atoms with van der Waals surface area (Å²) in [7, 11) is -6.15. The molecule has 0 aliphatic rings. The van der Waals surface area contributed by atoms with Gasteiger partial charge in [0.25, 0.3) is 0 Å². The summed E-state index contributed by atoms with van der Waals surface area (Å²) in [5.74, 6) is 0. The van der Waals surface area contributed by atoms with E-state index in [0.717, 1.165) is 5.20 Å². The Balaban J connectivity index is 5.33. The molecule has 0 aromatic rings. The van der Waals surface area contributed by atoms with Gasteiger partial charge < -0.3 is 18.4 Å². The van der Waals surface area contributed by atoms with Gasteiger partial charge in [-0.25, -0.2) is 0 Å². The quantitative estimate of drug-likeness (QED) is 0.708. The molecule has 0 radical (unpaired) electrons. The predicted molar refractivity (Wildman–Crippen MR) is 82.7 cm³/mol. The van der Waals surface area contributed by atoms with Gasteiger partial charge in [-0.3, -0.25) is 0 Å². The normalized spacial score (nSPS) is 15.1. The second kappa shape index (κ2) is 6.60. The molecule has 108 valence electrons. The third kappa shape index (κ3) is 6.98. The maximum absolute atomic E-state index is 9.51. The molecule has 7 heteroatoms. The Bertz CT molecular complexity index is 276. The van der Waals surface area contributed by atoms with Gasteiger partial charge in [0.1, 0.15) is 0 Å². The number of hydrogen-bond acceptors (Lipinski definition) is 4. The van der Waals surface area contributed by atoms with Gasteiger partial charge in [0.2, 0.25) is 0 Å². The second-order valence-corrected chi connectivity index (χ2v) is 19.1. The largest absolute Gasteiger partial charge is 0.434 e. The lowest BCUT2D eigenvalue weighted by molar-refractivity contribution is 0.310. The van der Waals surface area contributed by atoms with Crippen LogP contribution in [-0.4, -0.2) is 48.6 Å². The fourth-order valence-electron chi connectivity index (χ4n) is 1.82. The van der Waals surface area contributed by atoms with Gasteiger partial charge >= 0.3 is 8.56 Å². The molecule has 0 fully saturated rings. The average Bonchev–Trinajstić information content (AvgIpc) is 2.07. The van der Waals surface area contributed by atoms with Crippen LogP contribution in [0.15, 0.2) is 11.3 Å². The molecule has 0 atom stereocenters. The summed E-state index contributed by atoms with van der Waals surface area (Å²) in [4.78, 5) is 0. The maximum Gasteiger partial charge on any atom is 0.346 e. The summed E-state index contributed by atoms with van der Waals surface area (Å²) >= 11 is 0. The lowest BCUT2D eigenvalue weighted by Crippen LogP contribution is -2.54. The molecule has 18 heavy (non-hydrogen) atoms. The Morgan fingerprint density at radius 3 is 1.50 bits per heavy atom. The van der Waals surface area contributed by atoms with E-state index in [2.05, 4.69) is 39.3 Å². The van der Waals surface area contributed by atoms with Crippen molar-refractivity contribution in [2.75, 3.05) is 13.2 Å². The molecule has 0 saturated carbocycles. The van der Waals surface area contributed by atoms with Crippen molar-refractivity contribution in [3.05, 3.63) is 11.3 Å². The Morgan fingerprint density at radius 2 is 1.28 bits per heavy atom. The lowest BCUT2D eigenvalue weighted by Gasteiger charge is -2.39. The standard InChI is InChI=1S/C11H28O4Si3/c1-16(2,3)14-18(7,15-17(4,5)6)11(10-13)8-9-12/h8,12-13H,9-10H2,1-7H3/b11-8-. The highest BCUT2D eigenvalue weighted by Crippen LogP contribution is 2.26. The van der Waals surface area contributed by atoms with Gasteiger partial charge in [0.05, 0.1) is 13.2 Å². The van der Waals surface area contributed by atoms with Crippen molar-refractivity contribution in [2.24, 2.45) is 0 Å². The van der Waals surface area contributed by atoms with Gasteiger partial charge in [-0.05, 0) is 51.0 Å². The Labute approximate surface area is 114 Å². The van der Waals surface area contributed by atoms with Crippen molar-refractivity contribution >= 4 is 25.2 Å². The smallest absolute Gasteiger partial charge is 0.346 e. The highest BCUT2D eigenvalue weighted by molar-refractivity contribution is 6.91. The van der Waals surface area contributed by atoms with Crippen LogP contribution in [0, 0.1) is 0 Å².